The average Bonchev–Trinajstić information content (AvgIpc) is 2.74. The maximum atomic E-state index is 12.3. The van der Waals surface area contributed by atoms with Crippen LogP contribution in [-0.2, 0) is 4.74 Å². The lowest BCUT2D eigenvalue weighted by molar-refractivity contribution is -0.638. The van der Waals surface area contributed by atoms with Crippen LogP contribution in [0.25, 0.3) is 11.0 Å². The summed E-state index contributed by atoms with van der Waals surface area (Å²) in [4.78, 5) is 0. The van der Waals surface area contributed by atoms with Gasteiger partial charge in [-0.1, -0.05) is 12.1 Å². The van der Waals surface area contributed by atoms with Crippen molar-refractivity contribution in [2.24, 2.45) is 0 Å². The van der Waals surface area contributed by atoms with Gasteiger partial charge in [0, 0.05) is 17.7 Å². The van der Waals surface area contributed by atoms with Crippen molar-refractivity contribution in [3.63, 3.8) is 0 Å². The number of nitrogens with one attached hydrogen (secondary N) is 1. The highest BCUT2D eigenvalue weighted by atomic mass is 16.5. The maximum absolute atomic E-state index is 12.3. The molecule has 1 saturated heterocycles. The minimum atomic E-state index is -0.558. The summed E-state index contributed by atoms with van der Waals surface area (Å²) in [6, 6.07) is 6.70. The monoisotopic (exact) mass is 261 g/mol. The molecule has 0 radical (unpaired) electrons. The molecule has 1 atom stereocenters. The van der Waals surface area contributed by atoms with E-state index in [4.69, 9.17) is 4.74 Å². The minimum absolute atomic E-state index is 0.211. The molecule has 1 fully saturated rings. The largest absolute Gasteiger partial charge is 0.618 e. The zero-order valence-electron chi connectivity index (χ0n) is 10.8. The van der Waals surface area contributed by atoms with E-state index in [1.165, 1.54) is 6.20 Å². The molecule has 6 heteroatoms. The van der Waals surface area contributed by atoms with Crippen LogP contribution >= 0.6 is 0 Å². The molecular formula is C13H15N3O3. The molecule has 0 aliphatic carbocycles. The van der Waals surface area contributed by atoms with E-state index in [1.807, 2.05) is 13.8 Å². The Kier molecular flexibility index (Phi) is 2.58. The van der Waals surface area contributed by atoms with Gasteiger partial charge in [-0.15, -0.1) is 0 Å². The fraction of sp³-hybridized carbons (Fsp3) is 0.385. The predicted molar refractivity (Wildman–Crippen MR) is 67.8 cm³/mol. The Hall–Kier alpha value is -1.92. The van der Waals surface area contributed by atoms with Crippen LogP contribution in [0.15, 0.2) is 30.5 Å². The van der Waals surface area contributed by atoms with Gasteiger partial charge in [-0.2, -0.15) is 9.46 Å². The van der Waals surface area contributed by atoms with Gasteiger partial charge in [0.15, 0.2) is 0 Å². The molecule has 0 bridgehead atoms. The second-order valence-electron chi connectivity index (χ2n) is 5.38. The van der Waals surface area contributed by atoms with E-state index in [2.05, 4.69) is 5.32 Å². The topological polar surface area (TPSA) is 75.1 Å². The molecule has 1 aliphatic heterocycles. The molecule has 2 heterocycles. The third-order valence-electron chi connectivity index (χ3n) is 3.22. The van der Waals surface area contributed by atoms with Gasteiger partial charge >= 0.3 is 5.69 Å². The van der Waals surface area contributed by atoms with Gasteiger partial charge in [-0.25, -0.2) is 0 Å². The molecule has 100 valence electrons. The summed E-state index contributed by atoms with van der Waals surface area (Å²) in [6.45, 7) is 4.45. The molecule has 19 heavy (non-hydrogen) atoms. The number of aromatic nitrogens is 2. The summed E-state index contributed by atoms with van der Waals surface area (Å²) in [5.41, 5.74) is 0.750. The number of para-hydroxylation sites is 2. The molecule has 1 aromatic carbocycles. The summed E-state index contributed by atoms with van der Waals surface area (Å²) in [5.74, 6) is 0. The van der Waals surface area contributed by atoms with Crippen molar-refractivity contribution in [2.45, 2.75) is 25.6 Å². The molecule has 2 aromatic rings. The van der Waals surface area contributed by atoms with E-state index in [-0.39, 0.29) is 11.2 Å². The summed E-state index contributed by atoms with van der Waals surface area (Å²) in [5, 5.41) is 27.5. The van der Waals surface area contributed by atoms with Crippen LogP contribution < -0.4 is 14.8 Å². The number of rotatable bonds is 1. The summed E-state index contributed by atoms with van der Waals surface area (Å²) < 4.78 is 7.01. The summed E-state index contributed by atoms with van der Waals surface area (Å²) in [7, 11) is 0. The normalized spacial score (nSPS) is 21.9. The molecule has 1 aromatic heterocycles. The number of hydrogen-bond acceptors (Lipinski definition) is 4. The fourth-order valence-corrected chi connectivity index (χ4v) is 2.27. The Morgan fingerprint density at radius 1 is 1.26 bits per heavy atom. The van der Waals surface area contributed by atoms with Crippen LogP contribution in [0.2, 0.25) is 0 Å². The van der Waals surface area contributed by atoms with Crippen LogP contribution in [-0.4, -0.2) is 12.1 Å². The third-order valence-corrected chi connectivity index (χ3v) is 3.22. The van der Waals surface area contributed by atoms with Crippen LogP contribution in [0, 0.1) is 10.4 Å². The van der Waals surface area contributed by atoms with Gasteiger partial charge in [0.1, 0.15) is 0 Å². The van der Waals surface area contributed by atoms with E-state index in [0.29, 0.717) is 22.4 Å². The van der Waals surface area contributed by atoms with Crippen molar-refractivity contribution in [3.8, 4) is 0 Å². The SMILES string of the molecule is CC1(C)COC(c2c[n+]([O-])c3ccccc3[n+]2[O-])N1. The standard InChI is InChI=1S/C13H15N3O3/c1-13(2)8-19-12(14-13)11-7-15(17)9-5-3-4-6-10(9)16(11)18/h3-7,12,14H,8H2,1-2H3. The van der Waals surface area contributed by atoms with Crippen molar-refractivity contribution in [1.29, 1.82) is 0 Å². The number of benzene rings is 1. The number of nitrogens with zero attached hydrogens (tertiary/aromatic N) is 2. The van der Waals surface area contributed by atoms with Crippen molar-refractivity contribution >= 4 is 11.0 Å². The van der Waals surface area contributed by atoms with Crippen molar-refractivity contribution in [1.82, 2.24) is 5.32 Å². The van der Waals surface area contributed by atoms with Crippen LogP contribution in [0.3, 0.4) is 0 Å². The van der Waals surface area contributed by atoms with Crippen molar-refractivity contribution in [3.05, 3.63) is 46.6 Å². The van der Waals surface area contributed by atoms with Gasteiger partial charge in [-0.3, -0.25) is 5.32 Å². The summed E-state index contributed by atoms with van der Waals surface area (Å²) in [6.07, 6.45) is 0.714. The highest BCUT2D eigenvalue weighted by Gasteiger charge is 2.38. The third kappa shape index (κ3) is 1.98. The van der Waals surface area contributed by atoms with E-state index >= 15 is 0 Å². The molecule has 3 rings (SSSR count). The van der Waals surface area contributed by atoms with E-state index < -0.39 is 6.23 Å². The molecule has 6 nitrogen and oxygen atoms in total. The quantitative estimate of drug-likeness (QED) is 0.599. The summed E-state index contributed by atoms with van der Waals surface area (Å²) >= 11 is 0. The van der Waals surface area contributed by atoms with Crippen LogP contribution in [0.5, 0.6) is 0 Å². The maximum Gasteiger partial charge on any atom is 0.302 e. The number of fused-ring (bicyclic) bond motifs is 1. The van der Waals surface area contributed by atoms with Gasteiger partial charge in [-0.05, 0) is 13.8 Å². The first-order chi connectivity index (χ1) is 8.98. The Balaban J connectivity index is 2.13. The zero-order chi connectivity index (χ0) is 13.6. The van der Waals surface area contributed by atoms with Gasteiger partial charge in [0.05, 0.1) is 6.61 Å². The molecular weight excluding hydrogens is 246 g/mol. The van der Waals surface area contributed by atoms with Gasteiger partial charge < -0.3 is 15.2 Å². The predicted octanol–water partition coefficient (Wildman–Crippen LogP) is 0.504. The molecule has 0 saturated carbocycles. The van der Waals surface area contributed by atoms with Gasteiger partial charge in [0.25, 0.3) is 17.2 Å². The van der Waals surface area contributed by atoms with Crippen LogP contribution in [0.4, 0.5) is 0 Å². The number of hydrogen-bond donors (Lipinski definition) is 1. The smallest absolute Gasteiger partial charge is 0.302 e. The fourth-order valence-electron chi connectivity index (χ4n) is 2.27. The zero-order valence-corrected chi connectivity index (χ0v) is 10.8. The Morgan fingerprint density at radius 2 is 1.95 bits per heavy atom. The highest BCUT2D eigenvalue weighted by molar-refractivity contribution is 5.67. The first kappa shape index (κ1) is 12.1. The highest BCUT2D eigenvalue weighted by Crippen LogP contribution is 2.23. The van der Waals surface area contributed by atoms with E-state index in [0.717, 1.165) is 4.73 Å². The molecule has 1 N–H and O–H groups in total. The molecule has 0 spiro atoms. The Morgan fingerprint density at radius 3 is 2.58 bits per heavy atom. The second kappa shape index (κ2) is 4.04. The lowest BCUT2D eigenvalue weighted by Gasteiger charge is -2.16. The Labute approximate surface area is 110 Å². The minimum Gasteiger partial charge on any atom is -0.618 e. The molecule has 0 amide bonds. The van der Waals surface area contributed by atoms with E-state index in [1.54, 1.807) is 24.3 Å². The Bertz CT molecular complexity index is 642. The first-order valence-corrected chi connectivity index (χ1v) is 6.12. The first-order valence-electron chi connectivity index (χ1n) is 6.12. The van der Waals surface area contributed by atoms with Crippen molar-refractivity contribution in [2.75, 3.05) is 6.61 Å². The lowest BCUT2D eigenvalue weighted by atomic mass is 10.1. The van der Waals surface area contributed by atoms with E-state index in [9.17, 15) is 10.4 Å². The second-order valence-corrected chi connectivity index (χ2v) is 5.38. The van der Waals surface area contributed by atoms with Gasteiger partial charge in [0.2, 0.25) is 6.23 Å². The number of ether oxygens (including phenoxy) is 1. The average molecular weight is 261 g/mol. The molecule has 1 aliphatic rings. The van der Waals surface area contributed by atoms with Crippen LogP contribution in [0.1, 0.15) is 25.8 Å². The van der Waals surface area contributed by atoms with Crippen molar-refractivity contribution < 1.29 is 14.2 Å². The molecule has 1 unspecified atom stereocenters. The lowest BCUT2D eigenvalue weighted by Crippen LogP contribution is -2.45.